The fourth-order valence-electron chi connectivity index (χ4n) is 1.62. The molecule has 0 saturated carbocycles. The first kappa shape index (κ1) is 10.1. The molecule has 0 spiro atoms. The van der Waals surface area contributed by atoms with Crippen molar-refractivity contribution in [3.8, 4) is 0 Å². The molecule has 6 heteroatoms. The number of Topliss-reactive ketones (excluding diaryl/α,β-unsaturated/α-hetero) is 1. The van der Waals surface area contributed by atoms with E-state index < -0.39 is 0 Å². The first-order valence-corrected chi connectivity index (χ1v) is 5.91. The number of hydrogen-bond acceptors (Lipinski definition) is 5. The fourth-order valence-corrected chi connectivity index (χ4v) is 2.24. The Morgan fingerprint density at radius 2 is 2.29 bits per heavy atom. The van der Waals surface area contributed by atoms with Crippen molar-refractivity contribution in [1.29, 1.82) is 0 Å². The Morgan fingerprint density at radius 1 is 1.35 bits per heavy atom. The summed E-state index contributed by atoms with van der Waals surface area (Å²) in [5.74, 6) is 0.0166. The van der Waals surface area contributed by atoms with Crippen LogP contribution in [0.1, 0.15) is 15.4 Å². The van der Waals surface area contributed by atoms with Crippen LogP contribution in [0.25, 0.3) is 5.52 Å². The van der Waals surface area contributed by atoms with Crippen LogP contribution in [0.3, 0.4) is 0 Å². The zero-order valence-electron chi connectivity index (χ0n) is 8.78. The summed E-state index contributed by atoms with van der Waals surface area (Å²) in [6, 6.07) is 0. The number of rotatable bonds is 3. The predicted octanol–water partition coefficient (Wildman–Crippen LogP) is 1.61. The van der Waals surface area contributed by atoms with Gasteiger partial charge in [-0.05, 0) is 0 Å². The molecule has 0 radical (unpaired) electrons. The fraction of sp³-hybridized carbons (Fsp3) is 0.0909. The smallest absolute Gasteiger partial charge is 0.173 e. The second kappa shape index (κ2) is 4.06. The highest BCUT2D eigenvalue weighted by molar-refractivity contribution is 7.09. The summed E-state index contributed by atoms with van der Waals surface area (Å²) < 4.78 is 1.64. The van der Waals surface area contributed by atoms with Gasteiger partial charge in [0, 0.05) is 24.0 Å². The van der Waals surface area contributed by atoms with Crippen LogP contribution in [-0.2, 0) is 6.42 Å². The second-order valence-corrected chi connectivity index (χ2v) is 4.47. The number of ketones is 1. The Morgan fingerprint density at radius 3 is 3.12 bits per heavy atom. The molecule has 0 aliphatic carbocycles. The van der Waals surface area contributed by atoms with Crippen molar-refractivity contribution >= 4 is 22.6 Å². The van der Waals surface area contributed by atoms with Gasteiger partial charge in [-0.2, -0.15) is 5.10 Å². The molecule has 0 N–H and O–H groups in total. The lowest BCUT2D eigenvalue weighted by Gasteiger charge is -1.96. The van der Waals surface area contributed by atoms with Crippen molar-refractivity contribution in [2.75, 3.05) is 0 Å². The molecule has 3 rings (SSSR count). The highest BCUT2D eigenvalue weighted by atomic mass is 32.1. The van der Waals surface area contributed by atoms with E-state index in [4.69, 9.17) is 0 Å². The summed E-state index contributed by atoms with van der Waals surface area (Å²) in [6.45, 7) is 0. The number of carbonyl (C=O) groups is 1. The number of nitrogens with zero attached hydrogens (tertiary/aromatic N) is 4. The number of carbonyl (C=O) groups excluding carboxylic acids is 1. The van der Waals surface area contributed by atoms with Crippen LogP contribution in [0.2, 0.25) is 0 Å². The minimum absolute atomic E-state index is 0.0166. The van der Waals surface area contributed by atoms with E-state index in [1.807, 2.05) is 5.38 Å². The van der Waals surface area contributed by atoms with Crippen LogP contribution in [-0.4, -0.2) is 25.4 Å². The van der Waals surface area contributed by atoms with E-state index in [-0.39, 0.29) is 5.78 Å². The summed E-state index contributed by atoms with van der Waals surface area (Å²) in [5.41, 5.74) is 1.32. The molecular weight excluding hydrogens is 236 g/mol. The maximum atomic E-state index is 12.1. The molecule has 0 amide bonds. The first-order valence-electron chi connectivity index (χ1n) is 5.03. The van der Waals surface area contributed by atoms with E-state index in [9.17, 15) is 4.79 Å². The van der Waals surface area contributed by atoms with E-state index in [1.54, 1.807) is 35.5 Å². The van der Waals surface area contributed by atoms with Crippen molar-refractivity contribution in [3.63, 3.8) is 0 Å². The minimum Gasteiger partial charge on any atom is -0.294 e. The van der Waals surface area contributed by atoms with Crippen LogP contribution in [0.4, 0.5) is 0 Å². The molecular formula is C11H8N4OS. The Labute approximate surface area is 101 Å². The molecule has 0 aliphatic heterocycles. The van der Waals surface area contributed by atoms with Gasteiger partial charge in [0.2, 0.25) is 0 Å². The van der Waals surface area contributed by atoms with Crippen LogP contribution in [0.15, 0.2) is 36.4 Å². The van der Waals surface area contributed by atoms with E-state index in [0.717, 1.165) is 10.5 Å². The molecule has 3 aromatic heterocycles. The Balaban J connectivity index is 1.96. The van der Waals surface area contributed by atoms with Gasteiger partial charge in [0.15, 0.2) is 5.78 Å². The third-order valence-electron chi connectivity index (χ3n) is 2.42. The summed E-state index contributed by atoms with van der Waals surface area (Å²) in [4.78, 5) is 20.2. The minimum atomic E-state index is 0.0166. The van der Waals surface area contributed by atoms with Gasteiger partial charge in [-0.15, -0.1) is 11.3 Å². The quantitative estimate of drug-likeness (QED) is 0.657. The summed E-state index contributed by atoms with van der Waals surface area (Å²) in [7, 11) is 0. The highest BCUT2D eigenvalue weighted by Gasteiger charge is 2.14. The molecule has 0 unspecified atom stereocenters. The lowest BCUT2D eigenvalue weighted by Crippen LogP contribution is -2.02. The maximum Gasteiger partial charge on any atom is 0.173 e. The normalized spacial score (nSPS) is 10.8. The number of aromatic nitrogens is 4. The molecule has 0 bridgehead atoms. The SMILES string of the molecule is O=C(Cc1nccs1)c1cnn2ccncc12. The van der Waals surface area contributed by atoms with Crippen LogP contribution >= 0.6 is 11.3 Å². The Kier molecular flexibility index (Phi) is 2.41. The lowest BCUT2D eigenvalue weighted by molar-refractivity contribution is 0.0994. The highest BCUT2D eigenvalue weighted by Crippen LogP contribution is 2.13. The molecule has 0 atom stereocenters. The van der Waals surface area contributed by atoms with E-state index in [1.165, 1.54) is 11.3 Å². The van der Waals surface area contributed by atoms with Gasteiger partial charge < -0.3 is 0 Å². The molecule has 84 valence electrons. The van der Waals surface area contributed by atoms with Gasteiger partial charge in [-0.25, -0.2) is 9.50 Å². The number of thiazole rings is 1. The van der Waals surface area contributed by atoms with Gasteiger partial charge in [0.05, 0.1) is 29.9 Å². The van der Waals surface area contributed by atoms with Crippen molar-refractivity contribution in [1.82, 2.24) is 19.6 Å². The molecule has 0 fully saturated rings. The molecule has 0 aromatic carbocycles. The largest absolute Gasteiger partial charge is 0.294 e. The molecule has 0 saturated heterocycles. The van der Waals surface area contributed by atoms with Gasteiger partial charge >= 0.3 is 0 Å². The molecule has 3 aromatic rings. The first-order chi connectivity index (χ1) is 8.34. The predicted molar refractivity (Wildman–Crippen MR) is 63.1 cm³/mol. The van der Waals surface area contributed by atoms with Gasteiger partial charge in [0.25, 0.3) is 0 Å². The molecule has 5 nitrogen and oxygen atoms in total. The zero-order chi connectivity index (χ0) is 11.7. The summed E-state index contributed by atoms with van der Waals surface area (Å²) >= 11 is 1.48. The van der Waals surface area contributed by atoms with E-state index >= 15 is 0 Å². The third-order valence-corrected chi connectivity index (χ3v) is 3.20. The van der Waals surface area contributed by atoms with Crippen molar-refractivity contribution < 1.29 is 4.79 Å². The van der Waals surface area contributed by atoms with Crippen molar-refractivity contribution in [3.05, 3.63) is 46.9 Å². The maximum absolute atomic E-state index is 12.1. The van der Waals surface area contributed by atoms with Crippen LogP contribution in [0, 0.1) is 0 Å². The standard InChI is InChI=1S/C11H8N4OS/c16-10(5-11-13-2-4-17-11)8-6-14-15-3-1-12-7-9(8)15/h1-4,6-7H,5H2. The van der Waals surface area contributed by atoms with E-state index in [0.29, 0.717) is 12.0 Å². The zero-order valence-corrected chi connectivity index (χ0v) is 9.59. The molecule has 0 aliphatic rings. The molecule has 17 heavy (non-hydrogen) atoms. The van der Waals surface area contributed by atoms with Gasteiger partial charge in [0.1, 0.15) is 5.01 Å². The number of hydrogen-bond donors (Lipinski definition) is 0. The lowest BCUT2D eigenvalue weighted by atomic mass is 10.1. The van der Waals surface area contributed by atoms with Crippen molar-refractivity contribution in [2.45, 2.75) is 6.42 Å². The second-order valence-electron chi connectivity index (χ2n) is 3.49. The van der Waals surface area contributed by atoms with Crippen LogP contribution < -0.4 is 0 Å². The Bertz CT molecular complexity index is 659. The number of fused-ring (bicyclic) bond motifs is 1. The summed E-state index contributed by atoms with van der Waals surface area (Å²) in [5, 5.41) is 6.79. The van der Waals surface area contributed by atoms with Crippen molar-refractivity contribution in [2.24, 2.45) is 0 Å². The Hall–Kier alpha value is -2.08. The monoisotopic (exact) mass is 244 g/mol. The summed E-state index contributed by atoms with van der Waals surface area (Å²) in [6.07, 6.45) is 8.58. The van der Waals surface area contributed by atoms with E-state index in [2.05, 4.69) is 15.1 Å². The van der Waals surface area contributed by atoms with Gasteiger partial charge in [-0.3, -0.25) is 9.78 Å². The third kappa shape index (κ3) is 1.83. The van der Waals surface area contributed by atoms with Crippen LogP contribution in [0.5, 0.6) is 0 Å². The van der Waals surface area contributed by atoms with Gasteiger partial charge in [-0.1, -0.05) is 0 Å². The topological polar surface area (TPSA) is 60.2 Å². The average molecular weight is 244 g/mol. The average Bonchev–Trinajstić information content (AvgIpc) is 2.96. The molecule has 3 heterocycles.